The van der Waals surface area contributed by atoms with Gasteiger partial charge in [-0.15, -0.1) is 11.3 Å². The van der Waals surface area contributed by atoms with Gasteiger partial charge in [-0.3, -0.25) is 9.36 Å². The number of hydrogen-bond acceptors (Lipinski definition) is 7. The summed E-state index contributed by atoms with van der Waals surface area (Å²) in [6.45, 7) is 2.32. The molecule has 5 rings (SSSR count). The Labute approximate surface area is 193 Å². The zero-order valence-corrected chi connectivity index (χ0v) is 18.9. The van der Waals surface area contributed by atoms with Crippen LogP contribution in [0, 0.1) is 0 Å². The first-order chi connectivity index (χ1) is 15.4. The number of rotatable bonds is 5. The number of thiazole rings is 1. The van der Waals surface area contributed by atoms with E-state index in [0.717, 1.165) is 10.6 Å². The number of fused-ring (bicyclic) bond motifs is 1. The summed E-state index contributed by atoms with van der Waals surface area (Å²) in [6, 6.07) is 14.5. The number of pyridine rings is 1. The summed E-state index contributed by atoms with van der Waals surface area (Å²) >= 11 is 7.33. The minimum absolute atomic E-state index is 0.0921. The normalized spacial score (nSPS) is 18.5. The number of hydrogen-bond donors (Lipinski definition) is 1. The van der Waals surface area contributed by atoms with Crippen LogP contribution in [0.1, 0.15) is 6.92 Å². The van der Waals surface area contributed by atoms with Crippen LogP contribution in [-0.4, -0.2) is 45.6 Å². The molecule has 4 aromatic rings. The predicted molar refractivity (Wildman–Crippen MR) is 125 cm³/mol. The molecular weight excluding hydrogens is 450 g/mol. The quantitative estimate of drug-likeness (QED) is 0.459. The van der Waals surface area contributed by atoms with Gasteiger partial charge >= 0.3 is 0 Å². The number of aromatic nitrogens is 2. The molecule has 0 radical (unpaired) electrons. The van der Waals surface area contributed by atoms with Gasteiger partial charge in [0.25, 0.3) is 5.56 Å². The first kappa shape index (κ1) is 21.0. The van der Waals surface area contributed by atoms with Crippen LogP contribution in [0.15, 0.2) is 59.5 Å². The Bertz CT molecular complexity index is 1350. The van der Waals surface area contributed by atoms with E-state index >= 15 is 0 Å². The lowest BCUT2D eigenvalue weighted by Gasteiger charge is -2.41. The van der Waals surface area contributed by atoms with E-state index < -0.39 is 0 Å². The molecule has 1 fully saturated rings. The van der Waals surface area contributed by atoms with Crippen molar-refractivity contribution in [3.05, 3.63) is 70.1 Å². The van der Waals surface area contributed by atoms with Crippen molar-refractivity contribution < 1.29 is 14.7 Å². The maximum absolute atomic E-state index is 13.2. The molecule has 9 heteroatoms. The molecule has 0 amide bonds. The van der Waals surface area contributed by atoms with Crippen molar-refractivity contribution in [2.45, 2.75) is 19.1 Å². The second-order valence-electron chi connectivity index (χ2n) is 7.59. The Balaban J connectivity index is 1.49. The predicted octanol–water partition coefficient (Wildman–Crippen LogP) is 4.62. The standard InChI is InChI=1S/C23H20ClN3O4S/c1-13-20(12-27(13)29)31-18-8-7-16(11-19(18)30-2)26-10-9-17-21(23(26)28)32-22(25-17)14-3-5-15(24)6-4-14/h3-11,13,20,29H,12H2,1-2H3. The van der Waals surface area contributed by atoms with E-state index in [9.17, 15) is 10.0 Å². The van der Waals surface area contributed by atoms with Crippen LogP contribution in [0.25, 0.3) is 26.5 Å². The Morgan fingerprint density at radius 2 is 1.94 bits per heavy atom. The van der Waals surface area contributed by atoms with E-state index in [4.69, 9.17) is 21.1 Å². The fraction of sp³-hybridized carbons (Fsp3) is 0.217. The van der Waals surface area contributed by atoms with Crippen LogP contribution in [0.5, 0.6) is 11.5 Å². The second-order valence-corrected chi connectivity index (χ2v) is 9.02. The molecular formula is C23H20ClN3O4S. The van der Waals surface area contributed by atoms with Crippen LogP contribution in [-0.2, 0) is 0 Å². The summed E-state index contributed by atoms with van der Waals surface area (Å²) in [6.07, 6.45) is 1.59. The highest BCUT2D eigenvalue weighted by atomic mass is 35.5. The molecule has 1 aliphatic rings. The van der Waals surface area contributed by atoms with Gasteiger partial charge in [-0.05, 0) is 37.3 Å². The van der Waals surface area contributed by atoms with E-state index in [1.165, 1.54) is 16.4 Å². The Morgan fingerprint density at radius 3 is 2.62 bits per heavy atom. The minimum Gasteiger partial charge on any atom is -0.493 e. The SMILES string of the molecule is COc1cc(-n2ccc3nc(-c4ccc(Cl)cc4)sc3c2=O)ccc1OC1CN(O)C1C. The van der Waals surface area contributed by atoms with Crippen molar-refractivity contribution in [1.82, 2.24) is 14.6 Å². The highest BCUT2D eigenvalue weighted by molar-refractivity contribution is 7.21. The molecule has 7 nitrogen and oxygen atoms in total. The number of halogens is 1. The van der Waals surface area contributed by atoms with E-state index in [1.54, 1.807) is 42.1 Å². The third-order valence-corrected chi connectivity index (χ3v) is 6.98. The molecule has 0 saturated carbocycles. The molecule has 0 aliphatic carbocycles. The largest absolute Gasteiger partial charge is 0.493 e. The lowest BCUT2D eigenvalue weighted by Crippen LogP contribution is -2.59. The third-order valence-electron chi connectivity index (χ3n) is 5.62. The molecule has 1 N–H and O–H groups in total. The van der Waals surface area contributed by atoms with Gasteiger partial charge in [0, 0.05) is 22.8 Å². The molecule has 2 aromatic heterocycles. The van der Waals surface area contributed by atoms with Crippen LogP contribution in [0.2, 0.25) is 5.02 Å². The Hall–Kier alpha value is -2.91. The van der Waals surface area contributed by atoms with Crippen molar-refractivity contribution in [3.63, 3.8) is 0 Å². The van der Waals surface area contributed by atoms with Crippen molar-refractivity contribution >= 4 is 33.2 Å². The van der Waals surface area contributed by atoms with Crippen molar-refractivity contribution in [3.8, 4) is 27.8 Å². The lowest BCUT2D eigenvalue weighted by molar-refractivity contribution is -0.223. The molecule has 2 unspecified atom stereocenters. The van der Waals surface area contributed by atoms with Gasteiger partial charge in [-0.25, -0.2) is 4.98 Å². The van der Waals surface area contributed by atoms with Crippen molar-refractivity contribution in [1.29, 1.82) is 0 Å². The van der Waals surface area contributed by atoms with Crippen molar-refractivity contribution in [2.24, 2.45) is 0 Å². The molecule has 1 saturated heterocycles. The van der Waals surface area contributed by atoms with Crippen LogP contribution < -0.4 is 15.0 Å². The Kier molecular flexibility index (Phi) is 5.38. The first-order valence-electron chi connectivity index (χ1n) is 10.0. The molecule has 32 heavy (non-hydrogen) atoms. The number of methoxy groups -OCH3 is 1. The summed E-state index contributed by atoms with van der Waals surface area (Å²) in [4.78, 5) is 17.8. The van der Waals surface area contributed by atoms with Crippen LogP contribution in [0.3, 0.4) is 0 Å². The number of ether oxygens (including phenoxy) is 2. The van der Waals surface area contributed by atoms with Gasteiger partial charge < -0.3 is 14.7 Å². The molecule has 1 aliphatic heterocycles. The van der Waals surface area contributed by atoms with E-state index in [1.807, 2.05) is 31.2 Å². The zero-order chi connectivity index (χ0) is 22.4. The fourth-order valence-electron chi connectivity index (χ4n) is 3.60. The average molecular weight is 470 g/mol. The summed E-state index contributed by atoms with van der Waals surface area (Å²) in [5.74, 6) is 1.09. The zero-order valence-electron chi connectivity index (χ0n) is 17.4. The minimum atomic E-state index is -0.153. The van der Waals surface area contributed by atoms with Gasteiger partial charge in [0.05, 0.1) is 30.9 Å². The number of nitrogens with zero attached hydrogens (tertiary/aromatic N) is 3. The summed E-state index contributed by atoms with van der Waals surface area (Å²) < 4.78 is 13.6. The summed E-state index contributed by atoms with van der Waals surface area (Å²) in [7, 11) is 1.56. The third kappa shape index (κ3) is 3.65. The van der Waals surface area contributed by atoms with Crippen LogP contribution in [0.4, 0.5) is 0 Å². The monoisotopic (exact) mass is 469 g/mol. The molecule has 0 spiro atoms. The molecule has 164 valence electrons. The summed E-state index contributed by atoms with van der Waals surface area (Å²) in [5.41, 5.74) is 2.07. The number of hydroxylamine groups is 2. The fourth-order valence-corrected chi connectivity index (χ4v) is 4.72. The molecule has 0 bridgehead atoms. The van der Waals surface area contributed by atoms with E-state index in [-0.39, 0.29) is 17.7 Å². The lowest BCUT2D eigenvalue weighted by atomic mass is 10.1. The summed E-state index contributed by atoms with van der Waals surface area (Å²) in [5, 5.41) is 12.2. The van der Waals surface area contributed by atoms with Gasteiger partial charge in [-0.1, -0.05) is 23.7 Å². The smallest absolute Gasteiger partial charge is 0.274 e. The first-order valence-corrected chi connectivity index (χ1v) is 11.2. The molecule has 2 aromatic carbocycles. The maximum Gasteiger partial charge on any atom is 0.274 e. The maximum atomic E-state index is 13.2. The van der Waals surface area contributed by atoms with Gasteiger partial charge in [-0.2, -0.15) is 5.06 Å². The number of benzene rings is 2. The van der Waals surface area contributed by atoms with E-state index in [0.29, 0.717) is 39.0 Å². The molecule has 3 heterocycles. The average Bonchev–Trinajstić information content (AvgIpc) is 3.25. The molecule has 2 atom stereocenters. The highest BCUT2D eigenvalue weighted by Crippen LogP contribution is 2.33. The Morgan fingerprint density at radius 1 is 1.16 bits per heavy atom. The van der Waals surface area contributed by atoms with Gasteiger partial charge in [0.2, 0.25) is 0 Å². The van der Waals surface area contributed by atoms with Crippen molar-refractivity contribution in [2.75, 3.05) is 13.7 Å². The van der Waals surface area contributed by atoms with Gasteiger partial charge in [0.15, 0.2) is 11.5 Å². The highest BCUT2D eigenvalue weighted by Gasteiger charge is 2.37. The van der Waals surface area contributed by atoms with E-state index in [2.05, 4.69) is 4.98 Å². The topological polar surface area (TPSA) is 76.8 Å². The second kappa shape index (κ2) is 8.22. The van der Waals surface area contributed by atoms with Gasteiger partial charge in [0.1, 0.15) is 15.8 Å². The van der Waals surface area contributed by atoms with Crippen LogP contribution >= 0.6 is 22.9 Å².